The fourth-order valence-electron chi connectivity index (χ4n) is 0.184. The van der Waals surface area contributed by atoms with Gasteiger partial charge in [0.05, 0.1) is 7.11 Å². The zero-order valence-electron chi connectivity index (χ0n) is 4.77. The summed E-state index contributed by atoms with van der Waals surface area (Å²) in [5, 5.41) is 0. The van der Waals surface area contributed by atoms with E-state index in [2.05, 4.69) is 9.47 Å². The lowest BCUT2D eigenvalue weighted by atomic mass is 10.8. The Kier molecular flexibility index (Phi) is 3.66. The molecule has 0 fully saturated rings. The minimum Gasteiger partial charge on any atom is -0.438 e. The number of alkyl halides is 2. The molecule has 0 N–H and O–H groups in total. The number of methoxy groups -OCH3 is 1. The fourth-order valence-corrected chi connectivity index (χ4v) is 0.184. The van der Waals surface area contributed by atoms with Gasteiger partial charge in [-0.2, -0.15) is 4.39 Å². The molecule has 0 spiro atoms. The van der Waals surface area contributed by atoms with Crippen LogP contribution in [0.5, 0.6) is 0 Å². The Morgan fingerprint density at radius 3 is 2.67 bits per heavy atom. The highest BCUT2D eigenvalue weighted by molar-refractivity contribution is 5.59. The topological polar surface area (TPSA) is 35.5 Å². The summed E-state index contributed by atoms with van der Waals surface area (Å²) >= 11 is 0. The summed E-state index contributed by atoms with van der Waals surface area (Å²) in [7, 11) is 1.01. The molecule has 0 aromatic heterocycles. The molecule has 5 heteroatoms. The quantitative estimate of drug-likeness (QED) is 0.537. The van der Waals surface area contributed by atoms with E-state index in [0.29, 0.717) is 0 Å². The maximum Gasteiger partial charge on any atom is 0.510 e. The molecule has 0 aliphatic rings. The van der Waals surface area contributed by atoms with Gasteiger partial charge in [-0.05, 0) is 0 Å². The van der Waals surface area contributed by atoms with E-state index in [1.165, 1.54) is 0 Å². The van der Waals surface area contributed by atoms with E-state index in [-0.39, 0.29) is 0 Å². The van der Waals surface area contributed by atoms with Gasteiger partial charge in [-0.25, -0.2) is 9.18 Å². The van der Waals surface area contributed by atoms with Gasteiger partial charge in [0, 0.05) is 0 Å². The largest absolute Gasteiger partial charge is 0.510 e. The van der Waals surface area contributed by atoms with Gasteiger partial charge in [-0.1, -0.05) is 0 Å². The summed E-state index contributed by atoms with van der Waals surface area (Å²) in [5.74, 6) is 0. The average molecular weight is 140 g/mol. The second-order valence-corrected chi connectivity index (χ2v) is 1.14. The molecule has 9 heavy (non-hydrogen) atoms. The molecule has 1 unspecified atom stereocenters. The highest BCUT2D eigenvalue weighted by Crippen LogP contribution is 1.95. The summed E-state index contributed by atoms with van der Waals surface area (Å²) < 4.78 is 30.3. The number of carbonyl (C=O) groups is 1. The Morgan fingerprint density at radius 2 is 2.33 bits per heavy atom. The van der Waals surface area contributed by atoms with Crippen molar-refractivity contribution in [1.82, 2.24) is 0 Å². The molecular formula is C4H6F2O3. The summed E-state index contributed by atoms with van der Waals surface area (Å²) in [6.45, 7) is -1.35. The number of ether oxygens (including phenoxy) is 2. The molecule has 1 atom stereocenters. The van der Waals surface area contributed by atoms with Crippen molar-refractivity contribution in [2.75, 3.05) is 13.8 Å². The molecule has 0 aliphatic heterocycles. The summed E-state index contributed by atoms with van der Waals surface area (Å²) in [5.41, 5.74) is 0. The Bertz CT molecular complexity index is 95.8. The van der Waals surface area contributed by atoms with E-state index >= 15 is 0 Å². The monoisotopic (exact) mass is 140 g/mol. The first kappa shape index (κ1) is 8.13. The summed E-state index contributed by atoms with van der Waals surface area (Å²) in [4.78, 5) is 9.93. The van der Waals surface area contributed by atoms with Crippen molar-refractivity contribution in [3.63, 3.8) is 0 Å². The number of rotatable bonds is 2. The van der Waals surface area contributed by atoms with Crippen LogP contribution in [0.1, 0.15) is 0 Å². The zero-order chi connectivity index (χ0) is 7.28. The Morgan fingerprint density at radius 1 is 1.78 bits per heavy atom. The highest BCUT2D eigenvalue weighted by Gasteiger charge is 2.10. The Labute approximate surface area is 50.6 Å². The molecule has 0 saturated heterocycles. The van der Waals surface area contributed by atoms with Crippen molar-refractivity contribution < 1.29 is 23.0 Å². The van der Waals surface area contributed by atoms with Crippen LogP contribution in [0.2, 0.25) is 0 Å². The van der Waals surface area contributed by atoms with E-state index in [4.69, 9.17) is 0 Å². The molecule has 0 bridgehead atoms. The van der Waals surface area contributed by atoms with E-state index < -0.39 is 19.2 Å². The van der Waals surface area contributed by atoms with Crippen molar-refractivity contribution in [3.05, 3.63) is 0 Å². The van der Waals surface area contributed by atoms with Crippen molar-refractivity contribution in [2.24, 2.45) is 0 Å². The molecule has 0 rings (SSSR count). The molecule has 54 valence electrons. The number of halogens is 2. The third-order valence-electron chi connectivity index (χ3n) is 0.512. The molecule has 3 nitrogen and oxygen atoms in total. The lowest BCUT2D eigenvalue weighted by Gasteiger charge is -2.02. The predicted octanol–water partition coefficient (Wildman–Crippen LogP) is 1.03. The van der Waals surface area contributed by atoms with Gasteiger partial charge in [-0.15, -0.1) is 0 Å². The van der Waals surface area contributed by atoms with Crippen molar-refractivity contribution in [1.29, 1.82) is 0 Å². The van der Waals surface area contributed by atoms with Crippen LogP contribution in [0.25, 0.3) is 0 Å². The van der Waals surface area contributed by atoms with Gasteiger partial charge >= 0.3 is 6.16 Å². The molecule has 0 radical (unpaired) electrons. The van der Waals surface area contributed by atoms with Crippen molar-refractivity contribution >= 4 is 6.16 Å². The van der Waals surface area contributed by atoms with Crippen LogP contribution in [0.15, 0.2) is 0 Å². The van der Waals surface area contributed by atoms with E-state index in [9.17, 15) is 13.6 Å². The average Bonchev–Trinajstić information content (AvgIpc) is 1.87. The van der Waals surface area contributed by atoms with Crippen molar-refractivity contribution in [2.45, 2.75) is 6.36 Å². The van der Waals surface area contributed by atoms with Gasteiger partial charge in [0.25, 0.3) is 6.36 Å². The first-order valence-electron chi connectivity index (χ1n) is 2.15. The third-order valence-corrected chi connectivity index (χ3v) is 0.512. The lowest BCUT2D eigenvalue weighted by molar-refractivity contribution is -0.0346. The first-order valence-corrected chi connectivity index (χ1v) is 2.15. The molecule has 0 saturated carbocycles. The van der Waals surface area contributed by atoms with E-state index in [1.54, 1.807) is 0 Å². The number of hydrogen-bond donors (Lipinski definition) is 0. The minimum absolute atomic E-state index is 1.01. The third kappa shape index (κ3) is 3.69. The van der Waals surface area contributed by atoms with Crippen LogP contribution in [-0.2, 0) is 9.47 Å². The predicted molar refractivity (Wildman–Crippen MR) is 24.4 cm³/mol. The first-order chi connectivity index (χ1) is 4.20. The van der Waals surface area contributed by atoms with Crippen LogP contribution >= 0.6 is 0 Å². The smallest absolute Gasteiger partial charge is 0.438 e. The second kappa shape index (κ2) is 4.05. The fraction of sp³-hybridized carbons (Fsp3) is 0.750. The van der Waals surface area contributed by atoms with Crippen LogP contribution in [0.3, 0.4) is 0 Å². The second-order valence-electron chi connectivity index (χ2n) is 1.14. The maximum absolute atomic E-state index is 11.7. The van der Waals surface area contributed by atoms with Gasteiger partial charge in [0.1, 0.15) is 0 Å². The standard InChI is InChI=1S/C4H6F2O3/c1-8-4(7)9-3(6)2-5/h3H,2H2,1H3. The molecule has 0 heterocycles. The molecule has 0 aromatic carbocycles. The van der Waals surface area contributed by atoms with Crippen LogP contribution < -0.4 is 0 Å². The van der Waals surface area contributed by atoms with Gasteiger partial charge in [0.15, 0.2) is 6.67 Å². The lowest BCUT2D eigenvalue weighted by Crippen LogP contribution is -2.14. The van der Waals surface area contributed by atoms with E-state index in [0.717, 1.165) is 7.11 Å². The van der Waals surface area contributed by atoms with Crippen molar-refractivity contribution in [3.8, 4) is 0 Å². The van der Waals surface area contributed by atoms with Crippen LogP contribution in [0, 0.1) is 0 Å². The zero-order valence-corrected chi connectivity index (χ0v) is 4.77. The summed E-state index contributed by atoms with van der Waals surface area (Å²) in [6.07, 6.45) is -3.43. The normalized spacial score (nSPS) is 12.3. The SMILES string of the molecule is COC(=O)OC(F)CF. The maximum atomic E-state index is 11.7. The van der Waals surface area contributed by atoms with Crippen LogP contribution in [0.4, 0.5) is 13.6 Å². The van der Waals surface area contributed by atoms with Crippen LogP contribution in [-0.4, -0.2) is 26.3 Å². The van der Waals surface area contributed by atoms with Gasteiger partial charge in [-0.3, -0.25) is 0 Å². The highest BCUT2D eigenvalue weighted by atomic mass is 19.2. The minimum atomic E-state index is -2.21. The van der Waals surface area contributed by atoms with Gasteiger partial charge in [0.2, 0.25) is 0 Å². The van der Waals surface area contributed by atoms with Gasteiger partial charge < -0.3 is 9.47 Å². The number of carbonyl (C=O) groups excluding carboxylic acids is 1. The molecule has 0 aliphatic carbocycles. The molecule has 0 aromatic rings. The molecule has 0 amide bonds. The Hall–Kier alpha value is -0.870. The summed E-state index contributed by atoms with van der Waals surface area (Å²) in [6, 6.07) is 0. The molecular weight excluding hydrogens is 134 g/mol. The van der Waals surface area contributed by atoms with E-state index in [1.807, 2.05) is 0 Å². The number of hydrogen-bond acceptors (Lipinski definition) is 3. The Balaban J connectivity index is 3.34.